The van der Waals surface area contributed by atoms with E-state index in [1.165, 1.54) is 6.07 Å². The minimum atomic E-state index is -4.70. The van der Waals surface area contributed by atoms with Crippen molar-refractivity contribution in [2.75, 3.05) is 31.6 Å². The second-order valence-electron chi connectivity index (χ2n) is 7.88. The Morgan fingerprint density at radius 3 is 2.44 bits per heavy atom. The number of aromatic nitrogens is 2. The average molecular weight is 447 g/mol. The monoisotopic (exact) mass is 447 g/mol. The van der Waals surface area contributed by atoms with Gasteiger partial charge in [0.25, 0.3) is 5.91 Å². The third-order valence-electron chi connectivity index (χ3n) is 5.67. The van der Waals surface area contributed by atoms with Crippen molar-refractivity contribution in [3.05, 3.63) is 52.8 Å². The molecule has 2 saturated heterocycles. The molecule has 0 spiro atoms. The van der Waals surface area contributed by atoms with Crippen LogP contribution in [0, 0.1) is 11.3 Å². The normalized spacial score (nSPS) is 18.5. The molecule has 0 bridgehead atoms. The van der Waals surface area contributed by atoms with Crippen LogP contribution in [0.3, 0.4) is 0 Å². The van der Waals surface area contributed by atoms with Crippen LogP contribution < -0.4 is 5.32 Å². The number of rotatable bonds is 4. The number of nitriles is 1. The summed E-state index contributed by atoms with van der Waals surface area (Å²) in [7, 11) is 0. The highest BCUT2D eigenvalue weighted by Crippen LogP contribution is 2.31. The molecule has 168 valence electrons. The van der Waals surface area contributed by atoms with E-state index in [1.54, 1.807) is 29.2 Å². The number of carbonyl (C=O) groups is 1. The molecule has 1 amide bonds. The maximum atomic E-state index is 12.9. The Balaban J connectivity index is 1.34. The highest BCUT2D eigenvalue weighted by molar-refractivity contribution is 5.94. The number of hydrogen-bond donors (Lipinski definition) is 2. The number of piperidine rings is 1. The van der Waals surface area contributed by atoms with E-state index < -0.39 is 23.0 Å². The maximum Gasteiger partial charge on any atom is 0.420 e. The molecular formula is C21H20F3N5O3. The van der Waals surface area contributed by atoms with Crippen LogP contribution in [0.2, 0.25) is 0 Å². The van der Waals surface area contributed by atoms with Crippen LogP contribution in [0.15, 0.2) is 30.5 Å². The first-order valence-corrected chi connectivity index (χ1v) is 10.0. The van der Waals surface area contributed by atoms with Crippen molar-refractivity contribution in [1.29, 1.82) is 5.26 Å². The fraction of sp³-hybridized carbons (Fsp3) is 0.429. The number of hydrogen-bond acceptors (Lipinski definition) is 7. The molecule has 8 nitrogen and oxygen atoms in total. The highest BCUT2D eigenvalue weighted by Gasteiger charge is 2.38. The van der Waals surface area contributed by atoms with Crippen LogP contribution in [-0.2, 0) is 16.5 Å². The van der Waals surface area contributed by atoms with Gasteiger partial charge in [-0.1, -0.05) is 12.1 Å². The molecule has 2 aliphatic rings. The van der Waals surface area contributed by atoms with Gasteiger partial charge in [0.2, 0.25) is 5.95 Å². The predicted molar refractivity (Wildman–Crippen MR) is 105 cm³/mol. The number of halogens is 3. The van der Waals surface area contributed by atoms with Gasteiger partial charge < -0.3 is 20.1 Å². The Bertz CT molecular complexity index is 1040. The number of aliphatic hydroxyl groups is 1. The van der Waals surface area contributed by atoms with Crippen molar-refractivity contribution in [1.82, 2.24) is 14.9 Å². The Morgan fingerprint density at radius 2 is 1.91 bits per heavy atom. The van der Waals surface area contributed by atoms with Gasteiger partial charge in [0.1, 0.15) is 17.2 Å². The first-order chi connectivity index (χ1) is 15.2. The third-order valence-corrected chi connectivity index (χ3v) is 5.67. The molecule has 4 rings (SSSR count). The summed E-state index contributed by atoms with van der Waals surface area (Å²) >= 11 is 0. The summed E-state index contributed by atoms with van der Waals surface area (Å²) in [5.74, 6) is -0.183. The fourth-order valence-electron chi connectivity index (χ4n) is 3.72. The van der Waals surface area contributed by atoms with Crippen molar-refractivity contribution in [2.24, 2.45) is 0 Å². The van der Waals surface area contributed by atoms with Gasteiger partial charge in [0, 0.05) is 30.9 Å². The molecule has 0 aliphatic carbocycles. The summed E-state index contributed by atoms with van der Waals surface area (Å²) in [6.07, 6.45) is -3.00. The number of carbonyl (C=O) groups excluding carboxylic acids is 1. The largest absolute Gasteiger partial charge is 0.420 e. The zero-order chi connectivity index (χ0) is 22.9. The molecule has 2 N–H and O–H groups in total. The van der Waals surface area contributed by atoms with Gasteiger partial charge in [-0.25, -0.2) is 9.97 Å². The Kier molecular flexibility index (Phi) is 5.75. The molecular weight excluding hydrogens is 427 g/mol. The van der Waals surface area contributed by atoms with Gasteiger partial charge in [0.05, 0.1) is 13.2 Å². The van der Waals surface area contributed by atoms with E-state index in [1.807, 2.05) is 0 Å². The SMILES string of the molecule is N#Cc1nc(NC2CCN(C(=O)c3ccc(C4(O)COC4)cc3)CC2)ncc1C(F)(F)F. The van der Waals surface area contributed by atoms with E-state index in [0.717, 1.165) is 0 Å². The number of alkyl halides is 3. The summed E-state index contributed by atoms with van der Waals surface area (Å²) < 4.78 is 43.7. The van der Waals surface area contributed by atoms with Crippen LogP contribution >= 0.6 is 0 Å². The summed E-state index contributed by atoms with van der Waals surface area (Å²) in [6.45, 7) is 1.36. The van der Waals surface area contributed by atoms with Gasteiger partial charge in [-0.3, -0.25) is 4.79 Å². The van der Waals surface area contributed by atoms with Crippen LogP contribution in [0.25, 0.3) is 0 Å². The van der Waals surface area contributed by atoms with Crippen molar-refractivity contribution >= 4 is 11.9 Å². The van der Waals surface area contributed by atoms with Crippen molar-refractivity contribution < 1.29 is 27.8 Å². The molecule has 0 unspecified atom stereocenters. The van der Waals surface area contributed by atoms with Crippen LogP contribution in [0.4, 0.5) is 19.1 Å². The Morgan fingerprint density at radius 1 is 1.25 bits per heavy atom. The molecule has 0 saturated carbocycles. The van der Waals surface area contributed by atoms with E-state index in [-0.39, 0.29) is 31.1 Å². The van der Waals surface area contributed by atoms with Gasteiger partial charge in [-0.05, 0) is 30.5 Å². The molecule has 1 aromatic heterocycles. The second kappa shape index (κ2) is 8.37. The van der Waals surface area contributed by atoms with E-state index in [0.29, 0.717) is 43.3 Å². The maximum absolute atomic E-state index is 12.9. The number of nitrogens with one attached hydrogen (secondary N) is 1. The lowest BCUT2D eigenvalue weighted by Crippen LogP contribution is -2.46. The van der Waals surface area contributed by atoms with Crippen LogP contribution in [0.5, 0.6) is 0 Å². The summed E-state index contributed by atoms with van der Waals surface area (Å²) in [5.41, 5.74) is -1.68. The van der Waals surface area contributed by atoms with E-state index in [2.05, 4.69) is 15.3 Å². The van der Waals surface area contributed by atoms with Gasteiger partial charge >= 0.3 is 6.18 Å². The molecule has 2 aromatic rings. The zero-order valence-electron chi connectivity index (χ0n) is 16.9. The van der Waals surface area contributed by atoms with Crippen LogP contribution in [-0.4, -0.2) is 58.2 Å². The highest BCUT2D eigenvalue weighted by atomic mass is 19.4. The number of anilines is 1. The summed E-state index contributed by atoms with van der Waals surface area (Å²) in [6, 6.07) is 8.11. The summed E-state index contributed by atoms with van der Waals surface area (Å²) in [4.78, 5) is 21.8. The minimum Gasteiger partial charge on any atom is -0.380 e. The molecule has 0 atom stereocenters. The molecule has 2 fully saturated rings. The number of likely N-dealkylation sites (tertiary alicyclic amines) is 1. The predicted octanol–water partition coefficient (Wildman–Crippen LogP) is 2.30. The molecule has 2 aliphatic heterocycles. The lowest BCUT2D eigenvalue weighted by molar-refractivity contribution is -0.184. The first kappa shape index (κ1) is 22.0. The van der Waals surface area contributed by atoms with Crippen molar-refractivity contribution in [2.45, 2.75) is 30.7 Å². The van der Waals surface area contributed by atoms with E-state index >= 15 is 0 Å². The topological polar surface area (TPSA) is 111 Å². The quantitative estimate of drug-likeness (QED) is 0.740. The standard InChI is InChI=1S/C21H20F3N5O3/c22-21(23,24)16-10-26-19(28-17(16)9-25)27-15-5-7-29(8-6-15)18(30)13-1-3-14(4-2-13)20(31)11-32-12-20/h1-4,10,15,31H,5-8,11-12H2,(H,26,27,28). The third kappa shape index (κ3) is 4.37. The lowest BCUT2D eigenvalue weighted by atomic mass is 9.91. The zero-order valence-corrected chi connectivity index (χ0v) is 16.9. The van der Waals surface area contributed by atoms with Crippen molar-refractivity contribution in [3.8, 4) is 6.07 Å². The fourth-order valence-corrected chi connectivity index (χ4v) is 3.72. The smallest absolute Gasteiger partial charge is 0.380 e. The molecule has 0 radical (unpaired) electrons. The van der Waals surface area contributed by atoms with Gasteiger partial charge in [-0.15, -0.1) is 0 Å². The molecule has 11 heteroatoms. The number of amides is 1. The van der Waals surface area contributed by atoms with E-state index in [4.69, 9.17) is 10.00 Å². The van der Waals surface area contributed by atoms with Crippen LogP contribution in [0.1, 0.15) is 40.0 Å². The van der Waals surface area contributed by atoms with E-state index in [9.17, 15) is 23.1 Å². The van der Waals surface area contributed by atoms with Gasteiger partial charge in [-0.2, -0.15) is 18.4 Å². The van der Waals surface area contributed by atoms with Gasteiger partial charge in [0.15, 0.2) is 5.69 Å². The lowest BCUT2D eigenvalue weighted by Gasteiger charge is -2.37. The molecule has 32 heavy (non-hydrogen) atoms. The molecule has 1 aromatic carbocycles. The summed E-state index contributed by atoms with van der Waals surface area (Å²) in [5, 5.41) is 22.2. The number of nitrogens with zero attached hydrogens (tertiary/aromatic N) is 4. The molecule has 3 heterocycles. The second-order valence-corrected chi connectivity index (χ2v) is 7.88. The van der Waals surface area contributed by atoms with Crippen molar-refractivity contribution in [3.63, 3.8) is 0 Å². The number of benzene rings is 1. The number of ether oxygens (including phenoxy) is 1. The Hall–Kier alpha value is -3.23. The average Bonchev–Trinajstić information content (AvgIpc) is 2.77. The minimum absolute atomic E-state index is 0.0483. The Labute approximate surface area is 181 Å². The first-order valence-electron chi connectivity index (χ1n) is 10.0.